The van der Waals surface area contributed by atoms with Gasteiger partial charge in [-0.2, -0.15) is 0 Å². The number of rotatable bonds is 7. The summed E-state index contributed by atoms with van der Waals surface area (Å²) in [7, 11) is 0. The molecule has 0 saturated heterocycles. The van der Waals surface area contributed by atoms with Gasteiger partial charge in [0.05, 0.1) is 0 Å². The third-order valence-electron chi connectivity index (χ3n) is 7.61. The number of nitrogens with zero attached hydrogens (tertiary/aromatic N) is 1. The van der Waals surface area contributed by atoms with Crippen molar-refractivity contribution in [2.75, 3.05) is 11.9 Å². The lowest BCUT2D eigenvalue weighted by Gasteiger charge is -2.56. The largest absolute Gasteiger partial charge is 0.481 e. The number of hydrogen-bond donors (Lipinski definition) is 3. The minimum Gasteiger partial charge on any atom is -0.481 e. The van der Waals surface area contributed by atoms with Crippen LogP contribution in [0.25, 0.3) is 10.9 Å². The number of benzene rings is 1. The standard InChI is InChI=1S/C24H31N3O3/c28-22(29)2-1-6-27-7-5-19-11-20(3-4-21(19)27)26-23(30)25-15-24-12-16-8-17(13-24)10-18(9-16)14-24/h3-5,7,11,16-18H,1-2,6,8-10,12-15H2,(H,28,29)(H2,25,26,30). The van der Waals surface area contributed by atoms with Crippen LogP contribution in [0.1, 0.15) is 51.4 Å². The second-order valence-corrected chi connectivity index (χ2v) is 10.0. The van der Waals surface area contributed by atoms with Crippen molar-refractivity contribution in [1.82, 2.24) is 9.88 Å². The van der Waals surface area contributed by atoms with Gasteiger partial charge in [-0.25, -0.2) is 4.79 Å². The fourth-order valence-electron chi connectivity index (χ4n) is 6.82. The van der Waals surface area contributed by atoms with Crippen LogP contribution in [0.5, 0.6) is 0 Å². The highest BCUT2D eigenvalue weighted by Crippen LogP contribution is 2.59. The molecule has 2 amide bonds. The van der Waals surface area contributed by atoms with E-state index in [-0.39, 0.29) is 12.5 Å². The van der Waals surface area contributed by atoms with Crippen LogP contribution >= 0.6 is 0 Å². The van der Waals surface area contributed by atoms with Gasteiger partial charge in [-0.05, 0) is 92.4 Å². The predicted octanol–water partition coefficient (Wildman–Crippen LogP) is 4.84. The Kier molecular flexibility index (Phi) is 4.95. The molecule has 4 bridgehead atoms. The monoisotopic (exact) mass is 409 g/mol. The normalized spacial score (nSPS) is 29.3. The molecule has 4 aliphatic rings. The number of carbonyl (C=O) groups is 2. The maximum Gasteiger partial charge on any atom is 0.319 e. The molecule has 3 N–H and O–H groups in total. The van der Waals surface area contributed by atoms with Crippen molar-refractivity contribution >= 4 is 28.6 Å². The zero-order valence-electron chi connectivity index (χ0n) is 17.4. The highest BCUT2D eigenvalue weighted by molar-refractivity contribution is 5.93. The maximum absolute atomic E-state index is 12.6. The molecule has 4 fully saturated rings. The van der Waals surface area contributed by atoms with Crippen molar-refractivity contribution in [3.8, 4) is 0 Å². The topological polar surface area (TPSA) is 83.4 Å². The summed E-state index contributed by atoms with van der Waals surface area (Å²) in [4.78, 5) is 23.3. The summed E-state index contributed by atoms with van der Waals surface area (Å²) in [6.07, 6.45) is 10.9. The van der Waals surface area contributed by atoms with E-state index in [1.165, 1.54) is 38.5 Å². The summed E-state index contributed by atoms with van der Waals surface area (Å²) in [6.45, 7) is 1.47. The fourth-order valence-corrected chi connectivity index (χ4v) is 6.82. The van der Waals surface area contributed by atoms with E-state index in [4.69, 9.17) is 5.11 Å². The van der Waals surface area contributed by atoms with Crippen LogP contribution in [0, 0.1) is 23.2 Å². The van der Waals surface area contributed by atoms with E-state index in [1.807, 2.05) is 30.5 Å². The molecule has 1 heterocycles. The second-order valence-electron chi connectivity index (χ2n) is 10.0. The van der Waals surface area contributed by atoms with Crippen molar-refractivity contribution in [3.63, 3.8) is 0 Å². The molecule has 6 nitrogen and oxygen atoms in total. The molecule has 6 heteroatoms. The van der Waals surface area contributed by atoms with E-state index in [2.05, 4.69) is 15.2 Å². The Morgan fingerprint density at radius 3 is 2.43 bits per heavy atom. The van der Waals surface area contributed by atoms with Crippen LogP contribution in [0.15, 0.2) is 30.5 Å². The third kappa shape index (κ3) is 3.92. The fraction of sp³-hybridized carbons (Fsp3) is 0.583. The van der Waals surface area contributed by atoms with Crippen LogP contribution in [0.2, 0.25) is 0 Å². The molecule has 6 rings (SSSR count). The average Bonchev–Trinajstić information content (AvgIpc) is 3.07. The zero-order valence-corrected chi connectivity index (χ0v) is 17.4. The van der Waals surface area contributed by atoms with Crippen LogP contribution in [0.4, 0.5) is 10.5 Å². The number of nitrogens with one attached hydrogen (secondary N) is 2. The van der Waals surface area contributed by atoms with Gasteiger partial charge >= 0.3 is 12.0 Å². The lowest BCUT2D eigenvalue weighted by molar-refractivity contribution is -0.137. The van der Waals surface area contributed by atoms with Gasteiger partial charge in [0, 0.05) is 42.3 Å². The molecule has 160 valence electrons. The summed E-state index contributed by atoms with van der Waals surface area (Å²) in [5, 5.41) is 16.0. The van der Waals surface area contributed by atoms with Crippen LogP contribution in [-0.4, -0.2) is 28.2 Å². The molecular weight excluding hydrogens is 378 g/mol. The van der Waals surface area contributed by atoms with Crippen LogP contribution < -0.4 is 10.6 Å². The Balaban J connectivity index is 1.17. The number of anilines is 1. The molecular formula is C24H31N3O3. The van der Waals surface area contributed by atoms with Gasteiger partial charge in [-0.1, -0.05) is 0 Å². The zero-order chi connectivity index (χ0) is 20.7. The van der Waals surface area contributed by atoms with E-state index in [9.17, 15) is 9.59 Å². The highest BCUT2D eigenvalue weighted by Gasteiger charge is 2.50. The van der Waals surface area contributed by atoms with Gasteiger partial charge in [0.2, 0.25) is 0 Å². The molecule has 4 aliphatic carbocycles. The summed E-state index contributed by atoms with van der Waals surface area (Å²) in [6, 6.07) is 7.78. The quantitative estimate of drug-likeness (QED) is 0.612. The van der Waals surface area contributed by atoms with Gasteiger partial charge < -0.3 is 20.3 Å². The van der Waals surface area contributed by atoms with Gasteiger partial charge in [0.15, 0.2) is 0 Å². The van der Waals surface area contributed by atoms with E-state index in [0.717, 1.165) is 40.9 Å². The summed E-state index contributed by atoms with van der Waals surface area (Å²) in [5.74, 6) is 1.91. The molecule has 0 radical (unpaired) electrons. The number of hydrogen-bond acceptors (Lipinski definition) is 2. The Hall–Kier alpha value is -2.50. The van der Waals surface area contributed by atoms with Crippen molar-refractivity contribution in [2.45, 2.75) is 57.9 Å². The van der Waals surface area contributed by atoms with Crippen LogP contribution in [-0.2, 0) is 11.3 Å². The second kappa shape index (κ2) is 7.64. The van der Waals surface area contributed by atoms with E-state index in [0.29, 0.717) is 18.4 Å². The van der Waals surface area contributed by atoms with Gasteiger partial charge in [0.25, 0.3) is 0 Å². The van der Waals surface area contributed by atoms with E-state index < -0.39 is 5.97 Å². The number of carboxylic acid groups (broad SMARTS) is 1. The molecule has 4 saturated carbocycles. The molecule has 2 aromatic rings. The summed E-state index contributed by atoms with van der Waals surface area (Å²) in [5.41, 5.74) is 2.18. The van der Waals surface area contributed by atoms with Crippen molar-refractivity contribution in [3.05, 3.63) is 30.5 Å². The first kappa shape index (κ1) is 19.5. The smallest absolute Gasteiger partial charge is 0.319 e. The van der Waals surface area contributed by atoms with Crippen molar-refractivity contribution in [2.24, 2.45) is 23.2 Å². The molecule has 1 aromatic carbocycles. The minimum atomic E-state index is -0.766. The number of aryl methyl sites for hydroxylation is 1. The lowest BCUT2D eigenvalue weighted by Crippen LogP contribution is -2.51. The average molecular weight is 410 g/mol. The summed E-state index contributed by atoms with van der Waals surface area (Å²) >= 11 is 0. The number of aromatic nitrogens is 1. The lowest BCUT2D eigenvalue weighted by atomic mass is 9.49. The minimum absolute atomic E-state index is 0.119. The molecule has 0 spiro atoms. The number of carbonyl (C=O) groups excluding carboxylic acids is 1. The first-order valence-electron chi connectivity index (χ1n) is 11.3. The molecule has 0 aliphatic heterocycles. The Morgan fingerprint density at radius 1 is 1.07 bits per heavy atom. The summed E-state index contributed by atoms with van der Waals surface area (Å²) < 4.78 is 2.06. The highest BCUT2D eigenvalue weighted by atomic mass is 16.4. The van der Waals surface area contributed by atoms with Gasteiger partial charge in [0.1, 0.15) is 0 Å². The first-order valence-corrected chi connectivity index (χ1v) is 11.3. The molecule has 0 atom stereocenters. The maximum atomic E-state index is 12.6. The molecule has 1 aromatic heterocycles. The number of urea groups is 1. The van der Waals surface area contributed by atoms with Gasteiger partial charge in [-0.15, -0.1) is 0 Å². The number of fused-ring (bicyclic) bond motifs is 1. The van der Waals surface area contributed by atoms with Gasteiger partial charge in [-0.3, -0.25) is 4.79 Å². The van der Waals surface area contributed by atoms with Crippen molar-refractivity contribution in [1.29, 1.82) is 0 Å². The van der Waals surface area contributed by atoms with E-state index >= 15 is 0 Å². The number of carboxylic acids is 1. The number of amides is 2. The van der Waals surface area contributed by atoms with E-state index in [1.54, 1.807) is 0 Å². The SMILES string of the molecule is O=C(O)CCCn1ccc2cc(NC(=O)NCC34CC5CC(CC(C5)C3)C4)ccc21. The Labute approximate surface area is 177 Å². The number of aliphatic carboxylic acids is 1. The Bertz CT molecular complexity index is 928. The third-order valence-corrected chi connectivity index (χ3v) is 7.61. The molecule has 30 heavy (non-hydrogen) atoms. The predicted molar refractivity (Wildman–Crippen MR) is 116 cm³/mol. The van der Waals surface area contributed by atoms with Crippen LogP contribution in [0.3, 0.4) is 0 Å². The molecule has 0 unspecified atom stereocenters. The Morgan fingerprint density at radius 2 is 1.77 bits per heavy atom. The van der Waals surface area contributed by atoms with Crippen molar-refractivity contribution < 1.29 is 14.7 Å². The first-order chi connectivity index (χ1) is 14.5.